The van der Waals surface area contributed by atoms with Gasteiger partial charge in [-0.05, 0) is 25.1 Å². The molecule has 0 amide bonds. The number of aromatic nitrogens is 6. The van der Waals surface area contributed by atoms with Gasteiger partial charge in [-0.1, -0.05) is 40.8 Å². The molecular formula is C15H11ClN6OS2. The van der Waals surface area contributed by atoms with E-state index in [2.05, 4.69) is 20.3 Å². The lowest BCUT2D eigenvalue weighted by Gasteiger charge is -2.06. The molecule has 0 bridgehead atoms. The van der Waals surface area contributed by atoms with Crippen LogP contribution in [-0.4, -0.2) is 29.4 Å². The number of rotatable bonds is 4. The second kappa shape index (κ2) is 6.58. The quantitative estimate of drug-likeness (QED) is 0.498. The van der Waals surface area contributed by atoms with Crippen LogP contribution >= 0.6 is 34.7 Å². The molecule has 0 aliphatic heterocycles. The minimum atomic E-state index is -0.179. The highest BCUT2D eigenvalue weighted by molar-refractivity contribution is 7.98. The third-order valence-electron chi connectivity index (χ3n) is 3.35. The maximum atomic E-state index is 12.1. The Bertz CT molecular complexity index is 1120. The molecule has 0 saturated heterocycles. The molecule has 0 N–H and O–H groups in total. The number of thioether (sulfide) groups is 1. The predicted octanol–water partition coefficient (Wildman–Crippen LogP) is 2.99. The molecule has 0 unspecified atom stereocenters. The summed E-state index contributed by atoms with van der Waals surface area (Å²) in [5, 5.41) is 14.4. The van der Waals surface area contributed by atoms with Crippen molar-refractivity contribution >= 4 is 39.7 Å². The van der Waals surface area contributed by atoms with Crippen molar-refractivity contribution < 1.29 is 0 Å². The first-order chi connectivity index (χ1) is 12.1. The van der Waals surface area contributed by atoms with Gasteiger partial charge in [0.25, 0.3) is 5.56 Å². The summed E-state index contributed by atoms with van der Waals surface area (Å²) in [5.74, 6) is 0.502. The standard InChI is InChI=1S/C15H11ClN6OS2/c1-9-20-22-13(23)6-11(18-14(22)25-9)7-24-15-19-17-8-21(15)12-4-2-3-10(16)5-12/h2-6,8H,7H2,1H3. The highest BCUT2D eigenvalue weighted by atomic mass is 35.5. The zero-order chi connectivity index (χ0) is 17.4. The number of aryl methyl sites for hydroxylation is 1. The van der Waals surface area contributed by atoms with Crippen molar-refractivity contribution in [3.63, 3.8) is 0 Å². The summed E-state index contributed by atoms with van der Waals surface area (Å²) in [6, 6.07) is 8.95. The van der Waals surface area contributed by atoms with E-state index >= 15 is 0 Å². The van der Waals surface area contributed by atoms with E-state index in [1.165, 1.54) is 33.7 Å². The van der Waals surface area contributed by atoms with Crippen LogP contribution in [0.25, 0.3) is 10.6 Å². The van der Waals surface area contributed by atoms with Gasteiger partial charge in [-0.15, -0.1) is 10.2 Å². The van der Waals surface area contributed by atoms with E-state index in [9.17, 15) is 4.79 Å². The molecule has 126 valence electrons. The van der Waals surface area contributed by atoms with Crippen LogP contribution in [0.5, 0.6) is 0 Å². The number of halogens is 1. The third-order valence-corrected chi connectivity index (χ3v) is 5.39. The molecule has 3 heterocycles. The topological polar surface area (TPSA) is 78.0 Å². The molecule has 1 aromatic carbocycles. The summed E-state index contributed by atoms with van der Waals surface area (Å²) in [7, 11) is 0. The molecule has 0 aliphatic carbocycles. The van der Waals surface area contributed by atoms with Gasteiger partial charge in [0.1, 0.15) is 11.3 Å². The number of nitrogens with zero attached hydrogens (tertiary/aromatic N) is 6. The van der Waals surface area contributed by atoms with E-state index in [4.69, 9.17) is 11.6 Å². The largest absolute Gasteiger partial charge is 0.277 e. The van der Waals surface area contributed by atoms with E-state index in [0.29, 0.717) is 26.6 Å². The normalized spacial score (nSPS) is 11.3. The Hall–Kier alpha value is -2.23. The molecule has 0 atom stereocenters. The van der Waals surface area contributed by atoms with Gasteiger partial charge in [-0.25, -0.2) is 4.98 Å². The smallest absolute Gasteiger partial charge is 0.275 e. The van der Waals surface area contributed by atoms with E-state index in [1.54, 1.807) is 6.33 Å². The Morgan fingerprint density at radius 2 is 2.20 bits per heavy atom. The lowest BCUT2D eigenvalue weighted by Crippen LogP contribution is -2.15. The Morgan fingerprint density at radius 3 is 3.04 bits per heavy atom. The predicted molar refractivity (Wildman–Crippen MR) is 97.8 cm³/mol. The summed E-state index contributed by atoms with van der Waals surface area (Å²) in [4.78, 5) is 17.2. The lowest BCUT2D eigenvalue weighted by atomic mass is 10.3. The lowest BCUT2D eigenvalue weighted by molar-refractivity contribution is 0.867. The maximum Gasteiger partial charge on any atom is 0.275 e. The molecule has 10 heteroatoms. The molecule has 4 rings (SSSR count). The molecular weight excluding hydrogens is 380 g/mol. The van der Waals surface area contributed by atoms with Crippen LogP contribution in [-0.2, 0) is 5.75 Å². The van der Waals surface area contributed by atoms with E-state index < -0.39 is 0 Å². The summed E-state index contributed by atoms with van der Waals surface area (Å²) in [5.41, 5.74) is 1.38. The maximum absolute atomic E-state index is 12.1. The summed E-state index contributed by atoms with van der Waals surface area (Å²) in [6.07, 6.45) is 1.63. The van der Waals surface area contributed by atoms with Crippen LogP contribution in [0.15, 0.2) is 46.6 Å². The molecule has 0 radical (unpaired) electrons. The minimum absolute atomic E-state index is 0.179. The van der Waals surface area contributed by atoms with Gasteiger partial charge >= 0.3 is 0 Å². The molecule has 25 heavy (non-hydrogen) atoms. The zero-order valence-electron chi connectivity index (χ0n) is 13.0. The third kappa shape index (κ3) is 3.30. The fourth-order valence-corrected chi connectivity index (χ4v) is 4.06. The van der Waals surface area contributed by atoms with E-state index in [1.807, 2.05) is 35.8 Å². The first kappa shape index (κ1) is 16.2. The average Bonchev–Trinajstić information content (AvgIpc) is 3.19. The number of fused-ring (bicyclic) bond motifs is 1. The second-order valence-electron chi connectivity index (χ2n) is 5.15. The Morgan fingerprint density at radius 1 is 1.32 bits per heavy atom. The van der Waals surface area contributed by atoms with Crippen LogP contribution in [0.1, 0.15) is 10.7 Å². The average molecular weight is 391 g/mol. The fourth-order valence-electron chi connectivity index (χ4n) is 2.29. The van der Waals surface area contributed by atoms with Gasteiger partial charge in [-0.2, -0.15) is 9.61 Å². The SMILES string of the molecule is Cc1nn2c(=O)cc(CSc3nncn3-c3cccc(Cl)c3)nc2s1. The van der Waals surface area contributed by atoms with Gasteiger partial charge < -0.3 is 0 Å². The molecule has 4 aromatic rings. The molecule has 0 spiro atoms. The van der Waals surface area contributed by atoms with E-state index in [-0.39, 0.29) is 5.56 Å². The monoisotopic (exact) mass is 390 g/mol. The molecule has 7 nitrogen and oxygen atoms in total. The van der Waals surface area contributed by atoms with Crippen molar-refractivity contribution in [1.29, 1.82) is 0 Å². The van der Waals surface area contributed by atoms with Gasteiger partial charge in [-0.3, -0.25) is 9.36 Å². The van der Waals surface area contributed by atoms with Crippen LogP contribution in [0, 0.1) is 6.92 Å². The highest BCUT2D eigenvalue weighted by Crippen LogP contribution is 2.24. The molecule has 0 aliphatic rings. The van der Waals surface area contributed by atoms with Crippen LogP contribution < -0.4 is 5.56 Å². The summed E-state index contributed by atoms with van der Waals surface area (Å²) < 4.78 is 3.17. The van der Waals surface area contributed by atoms with Crippen LogP contribution in [0.3, 0.4) is 0 Å². The molecule has 3 aromatic heterocycles. The Kier molecular flexibility index (Phi) is 4.28. The van der Waals surface area contributed by atoms with Crippen molar-refractivity contribution in [2.24, 2.45) is 0 Å². The highest BCUT2D eigenvalue weighted by Gasteiger charge is 2.11. The van der Waals surface area contributed by atoms with Crippen LogP contribution in [0.4, 0.5) is 0 Å². The Labute approximate surface area is 155 Å². The summed E-state index contributed by atoms with van der Waals surface area (Å²) in [6.45, 7) is 1.85. The van der Waals surface area contributed by atoms with Gasteiger partial charge in [0.15, 0.2) is 5.16 Å². The summed E-state index contributed by atoms with van der Waals surface area (Å²) >= 11 is 8.89. The van der Waals surface area contributed by atoms with Crippen molar-refractivity contribution in [3.05, 3.63) is 62.7 Å². The zero-order valence-corrected chi connectivity index (χ0v) is 15.3. The first-order valence-electron chi connectivity index (χ1n) is 7.25. The van der Waals surface area contributed by atoms with Crippen molar-refractivity contribution in [1.82, 2.24) is 29.4 Å². The fraction of sp³-hybridized carbons (Fsp3) is 0.133. The number of hydrogen-bond acceptors (Lipinski definition) is 7. The van der Waals surface area contributed by atoms with E-state index in [0.717, 1.165) is 10.7 Å². The van der Waals surface area contributed by atoms with Gasteiger partial charge in [0.2, 0.25) is 4.96 Å². The van der Waals surface area contributed by atoms with Gasteiger partial charge in [0, 0.05) is 16.8 Å². The second-order valence-corrected chi connectivity index (χ2v) is 7.69. The Balaban J connectivity index is 1.60. The number of benzene rings is 1. The van der Waals surface area contributed by atoms with Crippen molar-refractivity contribution in [2.45, 2.75) is 17.8 Å². The molecule has 0 saturated carbocycles. The van der Waals surface area contributed by atoms with Gasteiger partial charge in [0.05, 0.1) is 11.4 Å². The van der Waals surface area contributed by atoms with Crippen molar-refractivity contribution in [2.75, 3.05) is 0 Å². The van der Waals surface area contributed by atoms with Crippen molar-refractivity contribution in [3.8, 4) is 5.69 Å². The minimum Gasteiger partial charge on any atom is -0.277 e. The number of hydrogen-bond donors (Lipinski definition) is 0. The first-order valence-corrected chi connectivity index (χ1v) is 9.43. The molecule has 0 fully saturated rings. The van der Waals surface area contributed by atoms with Crippen LogP contribution in [0.2, 0.25) is 5.02 Å².